The molecule has 236 valence electrons. The van der Waals surface area contributed by atoms with Crippen molar-refractivity contribution < 1.29 is 24.2 Å². The quantitative estimate of drug-likeness (QED) is 0.399. The summed E-state index contributed by atoms with van der Waals surface area (Å²) in [6.45, 7) is 4.99. The first-order valence-corrected chi connectivity index (χ1v) is 16.4. The largest absolute Gasteiger partial charge is 0.457 e. The first kappa shape index (κ1) is 30.6. The van der Waals surface area contributed by atoms with E-state index in [1.165, 1.54) is 6.42 Å². The summed E-state index contributed by atoms with van der Waals surface area (Å²) in [5, 5.41) is 16.9. The zero-order valence-corrected chi connectivity index (χ0v) is 26.0. The maximum absolute atomic E-state index is 14.0. The van der Waals surface area contributed by atoms with Crippen molar-refractivity contribution in [2.24, 2.45) is 17.8 Å². The highest BCUT2D eigenvalue weighted by Gasteiger charge is 2.56. The number of aliphatic hydroxyl groups is 1. The third kappa shape index (κ3) is 6.35. The molecule has 6 rings (SSSR count). The molecule has 0 radical (unpaired) electrons. The number of piperazine rings is 1. The Morgan fingerprint density at radius 2 is 1.64 bits per heavy atom. The van der Waals surface area contributed by atoms with Crippen LogP contribution in [-0.2, 0) is 16.1 Å². The minimum atomic E-state index is -0.844. The number of rotatable bonds is 9. The van der Waals surface area contributed by atoms with Crippen LogP contribution < -0.4 is 15.4 Å². The molecule has 2 aromatic rings. The predicted octanol–water partition coefficient (Wildman–Crippen LogP) is 4.10. The van der Waals surface area contributed by atoms with Gasteiger partial charge in [0, 0.05) is 38.8 Å². The highest BCUT2D eigenvalue weighted by molar-refractivity contribution is 6.00. The molecule has 4 atom stereocenters. The molecule has 0 aromatic heterocycles. The van der Waals surface area contributed by atoms with Gasteiger partial charge >= 0.3 is 0 Å². The summed E-state index contributed by atoms with van der Waals surface area (Å²) < 4.78 is 5.96. The van der Waals surface area contributed by atoms with Gasteiger partial charge in [0.05, 0.1) is 6.10 Å². The molecule has 1 spiro atoms. The number of likely N-dealkylation sites (tertiary alicyclic amines) is 1. The summed E-state index contributed by atoms with van der Waals surface area (Å²) in [5.41, 5.74) is 0.881. The lowest BCUT2D eigenvalue weighted by atomic mass is 9.77. The van der Waals surface area contributed by atoms with Gasteiger partial charge in [-0.1, -0.05) is 38.3 Å². The number of carbonyl (C=O) groups excluding carboxylic acids is 3. The molecule has 0 unspecified atom stereocenters. The van der Waals surface area contributed by atoms with Crippen LogP contribution in [-0.4, -0.2) is 77.0 Å². The standard InChI is InChI=1S/C35H46N4O5/c1-23-20-27(23)22-39-33(42)30(31(40)25-6-4-3-5-7-25)37-34(43)35(39)16-18-38(19-17-35)21-24-8-12-28(13-9-24)44-29-14-10-26(11-15-29)32(41)36-2/h8-15,23,25,27,30-31,40H,3-7,16-22H2,1-2H3,(H,36,41)(H,37,43)/t23-,27+,30-,31-/m1/s1. The zero-order chi connectivity index (χ0) is 30.8. The molecule has 2 aromatic carbocycles. The molecule has 4 aliphatic rings. The first-order valence-electron chi connectivity index (χ1n) is 16.4. The van der Waals surface area contributed by atoms with E-state index in [-0.39, 0.29) is 23.6 Å². The molecule has 3 amide bonds. The second-order valence-corrected chi connectivity index (χ2v) is 13.4. The second kappa shape index (κ2) is 12.9. The van der Waals surface area contributed by atoms with Crippen LogP contribution in [0.2, 0.25) is 0 Å². The molecule has 3 N–H and O–H groups in total. The number of hydrogen-bond donors (Lipinski definition) is 3. The highest BCUT2D eigenvalue weighted by atomic mass is 16.5. The van der Waals surface area contributed by atoms with Crippen LogP contribution in [0.5, 0.6) is 11.5 Å². The van der Waals surface area contributed by atoms with E-state index in [1.54, 1.807) is 31.3 Å². The van der Waals surface area contributed by atoms with Gasteiger partial charge in [-0.15, -0.1) is 0 Å². The summed E-state index contributed by atoms with van der Waals surface area (Å²) in [6.07, 6.45) is 6.60. The Balaban J connectivity index is 1.08. The summed E-state index contributed by atoms with van der Waals surface area (Å²) in [6, 6.07) is 14.2. The second-order valence-electron chi connectivity index (χ2n) is 13.4. The maximum Gasteiger partial charge on any atom is 0.251 e. The van der Waals surface area contributed by atoms with Crippen molar-refractivity contribution in [2.75, 3.05) is 26.7 Å². The Bertz CT molecular complexity index is 1330. The lowest BCUT2D eigenvalue weighted by molar-refractivity contribution is -0.166. The number of hydrogen-bond acceptors (Lipinski definition) is 6. The van der Waals surface area contributed by atoms with Crippen molar-refractivity contribution in [2.45, 2.75) is 82.5 Å². The lowest BCUT2D eigenvalue weighted by Gasteiger charge is -2.52. The first-order chi connectivity index (χ1) is 21.3. The summed E-state index contributed by atoms with van der Waals surface area (Å²) in [7, 11) is 1.60. The van der Waals surface area contributed by atoms with Crippen LogP contribution in [0.3, 0.4) is 0 Å². The molecule has 2 aliphatic carbocycles. The molecular formula is C35H46N4O5. The van der Waals surface area contributed by atoms with Crippen LogP contribution in [0.1, 0.15) is 74.2 Å². The molecule has 9 heteroatoms. The van der Waals surface area contributed by atoms with E-state index < -0.39 is 17.7 Å². The van der Waals surface area contributed by atoms with Gasteiger partial charge in [0.15, 0.2) is 0 Å². The van der Waals surface area contributed by atoms with Gasteiger partial charge in [-0.05, 0) is 91.8 Å². The van der Waals surface area contributed by atoms with Gasteiger partial charge in [0.1, 0.15) is 23.1 Å². The Labute approximate surface area is 260 Å². The van der Waals surface area contributed by atoms with E-state index in [2.05, 4.69) is 22.5 Å². The van der Waals surface area contributed by atoms with E-state index >= 15 is 0 Å². The third-order valence-corrected chi connectivity index (χ3v) is 10.5. The minimum absolute atomic E-state index is 0.0713. The van der Waals surface area contributed by atoms with Crippen molar-refractivity contribution in [3.63, 3.8) is 0 Å². The van der Waals surface area contributed by atoms with E-state index in [9.17, 15) is 19.5 Å². The molecule has 4 fully saturated rings. The number of ether oxygens (including phenoxy) is 1. The molecule has 9 nitrogen and oxygen atoms in total. The van der Waals surface area contributed by atoms with Gasteiger partial charge in [0.25, 0.3) is 5.91 Å². The van der Waals surface area contributed by atoms with Crippen LogP contribution in [0.15, 0.2) is 48.5 Å². The number of piperidine rings is 1. The fourth-order valence-corrected chi connectivity index (χ4v) is 7.42. The fraction of sp³-hybridized carbons (Fsp3) is 0.571. The number of nitrogens with one attached hydrogen (secondary N) is 2. The Kier molecular flexibility index (Phi) is 8.96. The monoisotopic (exact) mass is 602 g/mol. The van der Waals surface area contributed by atoms with Crippen molar-refractivity contribution in [1.82, 2.24) is 20.4 Å². The smallest absolute Gasteiger partial charge is 0.251 e. The van der Waals surface area contributed by atoms with Crippen molar-refractivity contribution >= 4 is 17.7 Å². The van der Waals surface area contributed by atoms with Crippen LogP contribution in [0, 0.1) is 17.8 Å². The van der Waals surface area contributed by atoms with Crippen LogP contribution in [0.4, 0.5) is 0 Å². The Hall–Kier alpha value is -3.43. The highest BCUT2D eigenvalue weighted by Crippen LogP contribution is 2.43. The van der Waals surface area contributed by atoms with Crippen molar-refractivity contribution in [1.29, 1.82) is 0 Å². The number of amides is 3. The van der Waals surface area contributed by atoms with Gasteiger partial charge in [-0.3, -0.25) is 19.3 Å². The third-order valence-electron chi connectivity index (χ3n) is 10.5. The Morgan fingerprint density at radius 1 is 1.02 bits per heavy atom. The average molecular weight is 603 g/mol. The minimum Gasteiger partial charge on any atom is -0.457 e. The maximum atomic E-state index is 14.0. The lowest BCUT2D eigenvalue weighted by Crippen LogP contribution is -2.75. The number of nitrogens with zero attached hydrogens (tertiary/aromatic N) is 2. The number of aliphatic hydroxyl groups excluding tert-OH is 1. The molecule has 0 bridgehead atoms. The topological polar surface area (TPSA) is 111 Å². The van der Waals surface area contributed by atoms with Gasteiger partial charge in [-0.2, -0.15) is 0 Å². The van der Waals surface area contributed by atoms with E-state index in [0.717, 1.165) is 44.2 Å². The van der Waals surface area contributed by atoms with E-state index in [0.29, 0.717) is 61.4 Å². The van der Waals surface area contributed by atoms with Crippen LogP contribution in [0.25, 0.3) is 0 Å². The normalized spacial score (nSPS) is 26.2. The van der Waals surface area contributed by atoms with Gasteiger partial charge in [-0.25, -0.2) is 0 Å². The number of carbonyl (C=O) groups is 3. The van der Waals surface area contributed by atoms with Crippen molar-refractivity contribution in [3.8, 4) is 11.5 Å². The summed E-state index contributed by atoms with van der Waals surface area (Å²) >= 11 is 0. The number of benzene rings is 2. The molecule has 2 aliphatic heterocycles. The molecular weight excluding hydrogens is 556 g/mol. The summed E-state index contributed by atoms with van der Waals surface area (Å²) in [4.78, 5) is 43.9. The van der Waals surface area contributed by atoms with Gasteiger partial charge in [0.2, 0.25) is 11.8 Å². The average Bonchev–Trinajstić information content (AvgIpc) is 3.77. The van der Waals surface area contributed by atoms with Crippen molar-refractivity contribution in [3.05, 3.63) is 59.7 Å². The summed E-state index contributed by atoms with van der Waals surface area (Å²) in [5.74, 6) is 2.13. The predicted molar refractivity (Wildman–Crippen MR) is 167 cm³/mol. The molecule has 2 saturated heterocycles. The Morgan fingerprint density at radius 3 is 2.23 bits per heavy atom. The van der Waals surface area contributed by atoms with E-state index in [4.69, 9.17) is 4.74 Å². The fourth-order valence-electron chi connectivity index (χ4n) is 7.42. The van der Waals surface area contributed by atoms with Crippen LogP contribution >= 0.6 is 0 Å². The van der Waals surface area contributed by atoms with Gasteiger partial charge < -0.3 is 25.4 Å². The molecule has 44 heavy (non-hydrogen) atoms. The van der Waals surface area contributed by atoms with E-state index in [1.807, 2.05) is 29.2 Å². The molecule has 2 heterocycles. The SMILES string of the molecule is CNC(=O)c1ccc(Oc2ccc(CN3CCC4(CC3)C(=O)N[C@H]([C@H](O)C3CCCCC3)C(=O)N4C[C@@H]3C[C@H]3C)cc2)cc1. The zero-order valence-electron chi connectivity index (χ0n) is 26.0. The molecule has 2 saturated carbocycles.